The highest BCUT2D eigenvalue weighted by atomic mass is 32.2. The van der Waals surface area contributed by atoms with Gasteiger partial charge in [-0.1, -0.05) is 6.07 Å². The molecule has 0 unspecified atom stereocenters. The zero-order chi connectivity index (χ0) is 16.4. The standard InChI is InChI=1S/C15H16N4O3S/c1-3-22-13-6-5-11(2)9-14(13)23(20,21)18-12-10-17-19-8-4-7-16-15(12)19/h4-10,18H,3H2,1-2H3. The Morgan fingerprint density at radius 1 is 1.35 bits per heavy atom. The van der Waals surface area contributed by atoms with Crippen molar-refractivity contribution in [2.24, 2.45) is 0 Å². The lowest BCUT2D eigenvalue weighted by atomic mass is 10.2. The highest BCUT2D eigenvalue weighted by Crippen LogP contribution is 2.28. The van der Waals surface area contributed by atoms with Crippen LogP contribution in [0.1, 0.15) is 12.5 Å². The summed E-state index contributed by atoms with van der Waals surface area (Å²) in [6.45, 7) is 4.01. The van der Waals surface area contributed by atoms with Crippen LogP contribution in [0.2, 0.25) is 0 Å². The Kier molecular flexibility index (Phi) is 3.91. The van der Waals surface area contributed by atoms with Crippen LogP contribution in [0.5, 0.6) is 5.75 Å². The molecule has 120 valence electrons. The molecule has 1 aromatic carbocycles. The summed E-state index contributed by atoms with van der Waals surface area (Å²) in [5, 5.41) is 4.07. The topological polar surface area (TPSA) is 85.6 Å². The van der Waals surface area contributed by atoms with Crippen molar-refractivity contribution in [1.29, 1.82) is 0 Å². The van der Waals surface area contributed by atoms with E-state index < -0.39 is 10.0 Å². The van der Waals surface area contributed by atoms with Gasteiger partial charge in [0, 0.05) is 12.4 Å². The van der Waals surface area contributed by atoms with Crippen molar-refractivity contribution in [3.63, 3.8) is 0 Å². The average Bonchev–Trinajstić information content (AvgIpc) is 2.92. The van der Waals surface area contributed by atoms with Gasteiger partial charge in [-0.05, 0) is 37.6 Å². The molecule has 23 heavy (non-hydrogen) atoms. The van der Waals surface area contributed by atoms with E-state index in [1.54, 1.807) is 43.6 Å². The number of rotatable bonds is 5. The van der Waals surface area contributed by atoms with Crippen molar-refractivity contribution in [1.82, 2.24) is 14.6 Å². The third-order valence-corrected chi connectivity index (χ3v) is 4.60. The predicted octanol–water partition coefficient (Wildman–Crippen LogP) is 2.24. The monoisotopic (exact) mass is 332 g/mol. The third-order valence-electron chi connectivity index (χ3n) is 3.21. The van der Waals surface area contributed by atoms with E-state index >= 15 is 0 Å². The molecule has 0 aliphatic rings. The number of ether oxygens (including phenoxy) is 1. The average molecular weight is 332 g/mol. The molecular weight excluding hydrogens is 316 g/mol. The van der Waals surface area contributed by atoms with Gasteiger partial charge in [0.25, 0.3) is 10.0 Å². The highest BCUT2D eigenvalue weighted by Gasteiger charge is 2.22. The molecule has 3 aromatic rings. The Morgan fingerprint density at radius 2 is 2.17 bits per heavy atom. The Balaban J connectivity index is 2.04. The first-order valence-electron chi connectivity index (χ1n) is 7.06. The van der Waals surface area contributed by atoms with Crippen LogP contribution in [0.25, 0.3) is 5.65 Å². The molecule has 2 aromatic heterocycles. The molecular formula is C15H16N4O3S. The van der Waals surface area contributed by atoms with Gasteiger partial charge in [-0.3, -0.25) is 4.72 Å². The zero-order valence-electron chi connectivity index (χ0n) is 12.7. The summed E-state index contributed by atoms with van der Waals surface area (Å²) >= 11 is 0. The van der Waals surface area contributed by atoms with Crippen LogP contribution in [-0.4, -0.2) is 29.6 Å². The lowest BCUT2D eigenvalue weighted by Crippen LogP contribution is -2.15. The first kappa shape index (κ1) is 15.3. The minimum Gasteiger partial charge on any atom is -0.492 e. The fourth-order valence-electron chi connectivity index (χ4n) is 2.20. The van der Waals surface area contributed by atoms with E-state index in [0.29, 0.717) is 23.7 Å². The summed E-state index contributed by atoms with van der Waals surface area (Å²) in [5.74, 6) is 0.315. The smallest absolute Gasteiger partial charge is 0.265 e. The molecule has 8 heteroatoms. The fraction of sp³-hybridized carbons (Fsp3) is 0.200. The zero-order valence-corrected chi connectivity index (χ0v) is 13.5. The van der Waals surface area contributed by atoms with Gasteiger partial charge in [0.15, 0.2) is 5.65 Å². The minimum absolute atomic E-state index is 0.0923. The number of aromatic nitrogens is 3. The van der Waals surface area contributed by atoms with Crippen molar-refractivity contribution < 1.29 is 13.2 Å². The number of nitrogens with zero attached hydrogens (tertiary/aromatic N) is 3. The summed E-state index contributed by atoms with van der Waals surface area (Å²) in [7, 11) is -3.82. The summed E-state index contributed by atoms with van der Waals surface area (Å²) in [6, 6.07) is 6.75. The van der Waals surface area contributed by atoms with E-state index in [4.69, 9.17) is 4.74 Å². The lowest BCUT2D eigenvalue weighted by molar-refractivity contribution is 0.331. The first-order valence-corrected chi connectivity index (χ1v) is 8.54. The number of aryl methyl sites for hydroxylation is 1. The van der Waals surface area contributed by atoms with E-state index in [1.807, 2.05) is 6.92 Å². The predicted molar refractivity (Wildman–Crippen MR) is 86.1 cm³/mol. The number of benzene rings is 1. The summed E-state index contributed by atoms with van der Waals surface area (Å²) in [5.41, 5.74) is 1.57. The van der Waals surface area contributed by atoms with Crippen LogP contribution in [-0.2, 0) is 10.0 Å². The van der Waals surface area contributed by atoms with E-state index in [9.17, 15) is 8.42 Å². The molecule has 0 fully saturated rings. The van der Waals surface area contributed by atoms with Crippen LogP contribution in [0.3, 0.4) is 0 Å². The van der Waals surface area contributed by atoms with Gasteiger partial charge in [-0.25, -0.2) is 17.9 Å². The lowest BCUT2D eigenvalue weighted by Gasteiger charge is -2.12. The number of anilines is 1. The number of hydrogen-bond donors (Lipinski definition) is 1. The molecule has 0 aliphatic carbocycles. The number of nitrogens with one attached hydrogen (secondary N) is 1. The maximum atomic E-state index is 12.7. The van der Waals surface area contributed by atoms with Crippen LogP contribution in [0.15, 0.2) is 47.8 Å². The largest absolute Gasteiger partial charge is 0.492 e. The van der Waals surface area contributed by atoms with Crippen molar-refractivity contribution in [2.75, 3.05) is 11.3 Å². The van der Waals surface area contributed by atoms with Gasteiger partial charge < -0.3 is 4.74 Å². The van der Waals surface area contributed by atoms with Gasteiger partial charge >= 0.3 is 0 Å². The molecule has 2 heterocycles. The minimum atomic E-state index is -3.82. The van der Waals surface area contributed by atoms with Crippen molar-refractivity contribution in [3.05, 3.63) is 48.4 Å². The van der Waals surface area contributed by atoms with Gasteiger partial charge in [-0.2, -0.15) is 5.10 Å². The second-order valence-electron chi connectivity index (χ2n) is 4.93. The van der Waals surface area contributed by atoms with Crippen LogP contribution in [0.4, 0.5) is 5.69 Å². The molecule has 0 saturated heterocycles. The Morgan fingerprint density at radius 3 is 2.96 bits per heavy atom. The summed E-state index contributed by atoms with van der Waals surface area (Å²) < 4.78 is 34.9. The third kappa shape index (κ3) is 2.98. The number of sulfonamides is 1. The maximum Gasteiger partial charge on any atom is 0.265 e. The van der Waals surface area contributed by atoms with Gasteiger partial charge in [0.05, 0.1) is 12.8 Å². The van der Waals surface area contributed by atoms with Crippen LogP contribution in [0, 0.1) is 6.92 Å². The highest BCUT2D eigenvalue weighted by molar-refractivity contribution is 7.92. The fourth-order valence-corrected chi connectivity index (χ4v) is 3.48. The first-order chi connectivity index (χ1) is 11.0. The van der Waals surface area contributed by atoms with Crippen LogP contribution >= 0.6 is 0 Å². The van der Waals surface area contributed by atoms with Crippen molar-refractivity contribution >= 4 is 21.4 Å². The summed E-state index contributed by atoms with van der Waals surface area (Å²) in [4.78, 5) is 4.23. The number of hydrogen-bond acceptors (Lipinski definition) is 5. The SMILES string of the molecule is CCOc1ccc(C)cc1S(=O)(=O)Nc1cnn2cccnc12. The molecule has 1 N–H and O–H groups in total. The van der Waals surface area contributed by atoms with Crippen molar-refractivity contribution in [2.45, 2.75) is 18.7 Å². The van der Waals surface area contributed by atoms with E-state index in [2.05, 4.69) is 14.8 Å². The van der Waals surface area contributed by atoms with Gasteiger partial charge in [-0.15, -0.1) is 0 Å². The normalized spacial score (nSPS) is 11.6. The van der Waals surface area contributed by atoms with Gasteiger partial charge in [0.2, 0.25) is 0 Å². The molecule has 0 aliphatic heterocycles. The second kappa shape index (κ2) is 5.88. The molecule has 0 saturated carbocycles. The maximum absolute atomic E-state index is 12.7. The molecule has 0 amide bonds. The van der Waals surface area contributed by atoms with E-state index in [1.165, 1.54) is 10.7 Å². The molecule has 7 nitrogen and oxygen atoms in total. The summed E-state index contributed by atoms with van der Waals surface area (Å²) in [6.07, 6.45) is 4.70. The number of fused-ring (bicyclic) bond motifs is 1. The molecule has 0 spiro atoms. The Bertz CT molecular complexity index is 950. The quantitative estimate of drug-likeness (QED) is 0.774. The Hall–Kier alpha value is -2.61. The van der Waals surface area contributed by atoms with Crippen LogP contribution < -0.4 is 9.46 Å². The Labute approximate surface area is 134 Å². The van der Waals surface area contributed by atoms with E-state index in [0.717, 1.165) is 5.56 Å². The van der Waals surface area contributed by atoms with Gasteiger partial charge in [0.1, 0.15) is 16.3 Å². The van der Waals surface area contributed by atoms with E-state index in [-0.39, 0.29) is 4.90 Å². The molecule has 0 radical (unpaired) electrons. The molecule has 0 bridgehead atoms. The molecule has 0 atom stereocenters. The molecule has 3 rings (SSSR count). The second-order valence-corrected chi connectivity index (χ2v) is 6.59. The van der Waals surface area contributed by atoms with Crippen molar-refractivity contribution in [3.8, 4) is 5.75 Å².